The Morgan fingerprint density at radius 3 is 2.79 bits per heavy atom. The van der Waals surface area contributed by atoms with Crippen LogP contribution in [0.15, 0.2) is 22.7 Å². The molecule has 0 aliphatic rings. The summed E-state index contributed by atoms with van der Waals surface area (Å²) < 4.78 is 19.3. The van der Waals surface area contributed by atoms with Crippen molar-refractivity contribution in [2.24, 2.45) is 5.92 Å². The van der Waals surface area contributed by atoms with Gasteiger partial charge in [0.15, 0.2) is 11.6 Å². The third-order valence-corrected chi connectivity index (χ3v) is 3.28. The maximum absolute atomic E-state index is 13.2. The van der Waals surface area contributed by atoms with Gasteiger partial charge >= 0.3 is 0 Å². The first-order valence-electron chi connectivity index (χ1n) is 4.27. The lowest BCUT2D eigenvalue weighted by Crippen LogP contribution is -2.10. The molecule has 0 amide bonds. The molecule has 1 atom stereocenters. The summed E-state index contributed by atoms with van der Waals surface area (Å²) in [6, 6.07) is 4.78. The lowest BCUT2D eigenvalue weighted by molar-refractivity contribution is 0.262. The van der Waals surface area contributed by atoms with Gasteiger partial charge in [0.25, 0.3) is 0 Å². The maximum atomic E-state index is 13.2. The molecule has 4 heteroatoms. The molecule has 0 bridgehead atoms. The first-order chi connectivity index (χ1) is 6.63. The van der Waals surface area contributed by atoms with Gasteiger partial charge in [-0.3, -0.25) is 0 Å². The third-order valence-electron chi connectivity index (χ3n) is 1.68. The van der Waals surface area contributed by atoms with E-state index < -0.39 is 0 Å². The monoisotopic (exact) mass is 324 g/mol. The van der Waals surface area contributed by atoms with Gasteiger partial charge in [0.05, 0.1) is 6.61 Å². The summed E-state index contributed by atoms with van der Waals surface area (Å²) >= 11 is 6.52. The highest BCUT2D eigenvalue weighted by molar-refractivity contribution is 9.10. The zero-order valence-corrected chi connectivity index (χ0v) is 10.9. The molecule has 0 heterocycles. The van der Waals surface area contributed by atoms with Crippen LogP contribution >= 0.6 is 31.9 Å². The minimum atomic E-state index is -0.332. The van der Waals surface area contributed by atoms with E-state index in [1.807, 2.05) is 6.92 Å². The highest BCUT2D eigenvalue weighted by Crippen LogP contribution is 2.21. The van der Waals surface area contributed by atoms with E-state index in [9.17, 15) is 4.39 Å². The van der Waals surface area contributed by atoms with Crippen molar-refractivity contribution in [3.63, 3.8) is 0 Å². The highest BCUT2D eigenvalue weighted by Gasteiger charge is 2.06. The standard InChI is InChI=1S/C10H11Br2FO/c1-7(5-11)6-14-10-3-2-8(12)4-9(10)13/h2-4,7H,5-6H2,1H3. The van der Waals surface area contributed by atoms with Gasteiger partial charge in [0.2, 0.25) is 0 Å². The zero-order chi connectivity index (χ0) is 10.6. The summed E-state index contributed by atoms with van der Waals surface area (Å²) in [6.45, 7) is 2.55. The molecule has 78 valence electrons. The summed E-state index contributed by atoms with van der Waals surface area (Å²) in [6.07, 6.45) is 0. The molecular formula is C10H11Br2FO. The molecule has 0 spiro atoms. The van der Waals surface area contributed by atoms with E-state index in [2.05, 4.69) is 31.9 Å². The number of hydrogen-bond acceptors (Lipinski definition) is 1. The number of rotatable bonds is 4. The van der Waals surface area contributed by atoms with Crippen LogP contribution in [0.2, 0.25) is 0 Å². The molecule has 0 aliphatic heterocycles. The van der Waals surface area contributed by atoms with E-state index in [0.717, 1.165) is 9.80 Å². The second-order valence-electron chi connectivity index (χ2n) is 3.15. The molecule has 1 aromatic carbocycles. The average molecular weight is 326 g/mol. The van der Waals surface area contributed by atoms with Gasteiger partial charge in [-0.15, -0.1) is 0 Å². The summed E-state index contributed by atoms with van der Waals surface area (Å²) in [5.41, 5.74) is 0. The number of ether oxygens (including phenoxy) is 1. The normalized spacial score (nSPS) is 12.6. The topological polar surface area (TPSA) is 9.23 Å². The van der Waals surface area contributed by atoms with E-state index in [0.29, 0.717) is 18.3 Å². The predicted molar refractivity (Wildman–Crippen MR) is 62.6 cm³/mol. The van der Waals surface area contributed by atoms with Gasteiger partial charge in [-0.05, 0) is 24.1 Å². The number of hydrogen-bond donors (Lipinski definition) is 0. The molecule has 0 radical (unpaired) electrons. The van der Waals surface area contributed by atoms with Gasteiger partial charge in [-0.25, -0.2) is 4.39 Å². The minimum absolute atomic E-state index is 0.306. The van der Waals surface area contributed by atoms with Crippen LogP contribution in [-0.4, -0.2) is 11.9 Å². The molecular weight excluding hydrogens is 315 g/mol. The van der Waals surface area contributed by atoms with Gasteiger partial charge in [0.1, 0.15) is 0 Å². The number of halogens is 3. The zero-order valence-electron chi connectivity index (χ0n) is 7.77. The van der Waals surface area contributed by atoms with E-state index in [1.165, 1.54) is 6.07 Å². The molecule has 0 saturated carbocycles. The fourth-order valence-corrected chi connectivity index (χ4v) is 1.39. The van der Waals surface area contributed by atoms with E-state index in [4.69, 9.17) is 4.74 Å². The quantitative estimate of drug-likeness (QED) is 0.760. The number of alkyl halides is 1. The SMILES string of the molecule is CC(CBr)COc1ccc(Br)cc1F. The first-order valence-corrected chi connectivity index (χ1v) is 6.18. The Morgan fingerprint density at radius 1 is 1.50 bits per heavy atom. The maximum Gasteiger partial charge on any atom is 0.166 e. The molecule has 1 unspecified atom stereocenters. The van der Waals surface area contributed by atoms with Crippen molar-refractivity contribution in [2.75, 3.05) is 11.9 Å². The minimum Gasteiger partial charge on any atom is -0.490 e. The lowest BCUT2D eigenvalue weighted by atomic mass is 10.2. The van der Waals surface area contributed by atoms with Crippen molar-refractivity contribution in [3.05, 3.63) is 28.5 Å². The second kappa shape index (κ2) is 5.71. The van der Waals surface area contributed by atoms with E-state index in [1.54, 1.807) is 12.1 Å². The second-order valence-corrected chi connectivity index (χ2v) is 4.71. The Hall–Kier alpha value is -0.0900. The lowest BCUT2D eigenvalue weighted by Gasteiger charge is -2.10. The van der Waals surface area contributed by atoms with Crippen LogP contribution in [0.25, 0.3) is 0 Å². The highest BCUT2D eigenvalue weighted by atomic mass is 79.9. The van der Waals surface area contributed by atoms with Crippen LogP contribution in [0, 0.1) is 11.7 Å². The van der Waals surface area contributed by atoms with E-state index in [-0.39, 0.29) is 5.82 Å². The fraction of sp³-hybridized carbons (Fsp3) is 0.400. The molecule has 1 rings (SSSR count). The van der Waals surface area contributed by atoms with Crippen molar-refractivity contribution in [1.82, 2.24) is 0 Å². The number of benzene rings is 1. The first kappa shape index (κ1) is 12.0. The Bertz CT molecular complexity index is 304. The third kappa shape index (κ3) is 3.58. The van der Waals surface area contributed by atoms with Crippen LogP contribution in [-0.2, 0) is 0 Å². The van der Waals surface area contributed by atoms with Crippen molar-refractivity contribution < 1.29 is 9.13 Å². The van der Waals surface area contributed by atoms with Gasteiger partial charge < -0.3 is 4.74 Å². The molecule has 0 aromatic heterocycles. The summed E-state index contributed by atoms with van der Waals surface area (Å²) in [5.74, 6) is 0.347. The van der Waals surface area contributed by atoms with Crippen molar-refractivity contribution in [3.8, 4) is 5.75 Å². The molecule has 1 aromatic rings. The smallest absolute Gasteiger partial charge is 0.166 e. The van der Waals surface area contributed by atoms with E-state index >= 15 is 0 Å². The molecule has 0 N–H and O–H groups in total. The molecule has 0 fully saturated rings. The molecule has 0 saturated heterocycles. The van der Waals surface area contributed by atoms with Gasteiger partial charge in [-0.2, -0.15) is 0 Å². The molecule has 0 aliphatic carbocycles. The average Bonchev–Trinajstić information content (AvgIpc) is 2.16. The van der Waals surface area contributed by atoms with Crippen LogP contribution in [0.1, 0.15) is 6.92 Å². The van der Waals surface area contributed by atoms with Crippen molar-refractivity contribution in [1.29, 1.82) is 0 Å². The Kier molecular flexibility index (Phi) is 4.89. The van der Waals surface area contributed by atoms with Crippen molar-refractivity contribution in [2.45, 2.75) is 6.92 Å². The Labute approximate surface area is 99.9 Å². The van der Waals surface area contributed by atoms with Crippen LogP contribution in [0.3, 0.4) is 0 Å². The molecule has 1 nitrogen and oxygen atoms in total. The summed E-state index contributed by atoms with van der Waals surface area (Å²) in [5, 5.41) is 0.852. The summed E-state index contributed by atoms with van der Waals surface area (Å²) in [4.78, 5) is 0. The van der Waals surface area contributed by atoms with Crippen LogP contribution < -0.4 is 4.74 Å². The predicted octanol–water partition coefficient (Wildman–Crippen LogP) is 4.00. The fourth-order valence-electron chi connectivity index (χ4n) is 0.869. The molecule has 14 heavy (non-hydrogen) atoms. The van der Waals surface area contributed by atoms with Gasteiger partial charge in [0, 0.05) is 9.80 Å². The van der Waals surface area contributed by atoms with Gasteiger partial charge in [-0.1, -0.05) is 38.8 Å². The Morgan fingerprint density at radius 2 is 2.21 bits per heavy atom. The van der Waals surface area contributed by atoms with Crippen LogP contribution in [0.4, 0.5) is 4.39 Å². The van der Waals surface area contributed by atoms with Crippen LogP contribution in [0.5, 0.6) is 5.75 Å². The summed E-state index contributed by atoms with van der Waals surface area (Å²) in [7, 11) is 0. The Balaban J connectivity index is 2.59. The van der Waals surface area contributed by atoms with Crippen molar-refractivity contribution >= 4 is 31.9 Å². The largest absolute Gasteiger partial charge is 0.490 e.